The molecule has 0 bridgehead atoms. The lowest BCUT2D eigenvalue weighted by molar-refractivity contribution is 0.0919. The van der Waals surface area contributed by atoms with Gasteiger partial charge in [-0.2, -0.15) is 0 Å². The van der Waals surface area contributed by atoms with E-state index in [9.17, 15) is 5.11 Å². The summed E-state index contributed by atoms with van der Waals surface area (Å²) in [5, 5.41) is 10.6. The molecule has 1 aliphatic carbocycles. The molecule has 1 fully saturated rings. The van der Waals surface area contributed by atoms with Gasteiger partial charge in [0.05, 0.1) is 6.04 Å². The van der Waals surface area contributed by atoms with E-state index in [2.05, 4.69) is 62.9 Å². The molecule has 2 unspecified atom stereocenters. The van der Waals surface area contributed by atoms with Gasteiger partial charge in [-0.05, 0) is 87.9 Å². The van der Waals surface area contributed by atoms with Gasteiger partial charge in [0.2, 0.25) is 0 Å². The Bertz CT molecular complexity index is 924. The van der Waals surface area contributed by atoms with Crippen molar-refractivity contribution in [2.45, 2.75) is 59.6 Å². The number of rotatable bonds is 4. The van der Waals surface area contributed by atoms with Crippen LogP contribution in [0.15, 0.2) is 42.0 Å². The standard InChI is InChI=1S/C26H33NO2/c1-16(2)19(5)20-6-8-21(9-7-20)29-26-23-12-18(4)13-25(28)22(23)14-24(26)27-11-10-17(3)15-27/h6-9,12-13,17,24,26,28H,10-11,14-15H2,1-5H3/t17?,24?,26-/m0/s1. The third kappa shape index (κ3) is 3.93. The molecule has 4 rings (SSSR count). The van der Waals surface area contributed by atoms with E-state index in [1.165, 1.54) is 23.1 Å². The van der Waals surface area contributed by atoms with E-state index in [0.29, 0.717) is 5.75 Å². The Balaban J connectivity index is 1.65. The predicted octanol–water partition coefficient (Wildman–Crippen LogP) is 5.90. The van der Waals surface area contributed by atoms with Crippen molar-refractivity contribution >= 4 is 5.57 Å². The molecule has 29 heavy (non-hydrogen) atoms. The summed E-state index contributed by atoms with van der Waals surface area (Å²) in [7, 11) is 0. The molecule has 1 N–H and O–H groups in total. The van der Waals surface area contributed by atoms with Crippen molar-refractivity contribution in [3.8, 4) is 11.5 Å². The topological polar surface area (TPSA) is 32.7 Å². The third-order valence-corrected chi connectivity index (χ3v) is 6.70. The van der Waals surface area contributed by atoms with E-state index in [-0.39, 0.29) is 12.1 Å². The van der Waals surface area contributed by atoms with Crippen LogP contribution in [0.5, 0.6) is 11.5 Å². The summed E-state index contributed by atoms with van der Waals surface area (Å²) in [6.45, 7) is 13.0. The molecule has 0 radical (unpaired) electrons. The molecular formula is C26H33NO2. The number of hydrogen-bond donors (Lipinski definition) is 1. The predicted molar refractivity (Wildman–Crippen MR) is 119 cm³/mol. The molecule has 154 valence electrons. The fourth-order valence-corrected chi connectivity index (χ4v) is 4.78. The van der Waals surface area contributed by atoms with Crippen LogP contribution in [0.25, 0.3) is 5.57 Å². The summed E-state index contributed by atoms with van der Waals surface area (Å²) in [5.74, 6) is 2.03. The van der Waals surface area contributed by atoms with E-state index >= 15 is 0 Å². The summed E-state index contributed by atoms with van der Waals surface area (Å²) >= 11 is 0. The van der Waals surface area contributed by atoms with Crippen LogP contribution in [0.1, 0.15) is 62.5 Å². The first-order valence-electron chi connectivity index (χ1n) is 10.8. The first kappa shape index (κ1) is 20.0. The largest absolute Gasteiger partial charge is 0.508 e. The Labute approximate surface area is 175 Å². The number of aryl methyl sites for hydroxylation is 1. The number of ether oxygens (including phenoxy) is 1. The van der Waals surface area contributed by atoms with Crippen LogP contribution in [-0.4, -0.2) is 29.1 Å². The number of likely N-dealkylation sites (tertiary alicyclic amines) is 1. The number of fused-ring (bicyclic) bond motifs is 1. The Hall–Kier alpha value is -2.26. The SMILES string of the molecule is CC(C)=C(C)c1ccc(O[C@H]2c3cc(C)cc(O)c3CC2N2CCC(C)C2)cc1. The molecule has 0 spiro atoms. The van der Waals surface area contributed by atoms with Crippen molar-refractivity contribution in [3.63, 3.8) is 0 Å². The number of allylic oxidation sites excluding steroid dienone is 2. The van der Waals surface area contributed by atoms with Crippen LogP contribution in [0, 0.1) is 12.8 Å². The maximum absolute atomic E-state index is 10.6. The third-order valence-electron chi connectivity index (χ3n) is 6.70. The second kappa shape index (κ2) is 7.87. The zero-order valence-electron chi connectivity index (χ0n) is 18.3. The number of nitrogens with zero attached hydrogens (tertiary/aromatic N) is 1. The van der Waals surface area contributed by atoms with Gasteiger partial charge in [-0.25, -0.2) is 0 Å². The monoisotopic (exact) mass is 391 g/mol. The van der Waals surface area contributed by atoms with Crippen molar-refractivity contribution in [2.75, 3.05) is 13.1 Å². The molecule has 1 heterocycles. The lowest BCUT2D eigenvalue weighted by Crippen LogP contribution is -2.38. The second-order valence-electron chi connectivity index (χ2n) is 9.20. The Kier molecular flexibility index (Phi) is 5.44. The van der Waals surface area contributed by atoms with Crippen molar-refractivity contribution in [2.24, 2.45) is 5.92 Å². The Morgan fingerprint density at radius 2 is 1.83 bits per heavy atom. The Morgan fingerprint density at radius 1 is 1.10 bits per heavy atom. The molecule has 2 aromatic carbocycles. The first-order valence-corrected chi connectivity index (χ1v) is 10.8. The molecule has 3 atom stereocenters. The average Bonchev–Trinajstić information content (AvgIpc) is 3.26. The highest BCUT2D eigenvalue weighted by Crippen LogP contribution is 2.43. The first-order chi connectivity index (χ1) is 13.8. The van der Waals surface area contributed by atoms with Crippen LogP contribution in [-0.2, 0) is 6.42 Å². The highest BCUT2D eigenvalue weighted by atomic mass is 16.5. The smallest absolute Gasteiger partial charge is 0.140 e. The van der Waals surface area contributed by atoms with E-state index in [4.69, 9.17) is 4.74 Å². The summed E-state index contributed by atoms with van der Waals surface area (Å²) in [4.78, 5) is 2.56. The molecule has 0 amide bonds. The summed E-state index contributed by atoms with van der Waals surface area (Å²) < 4.78 is 6.60. The highest BCUT2D eigenvalue weighted by molar-refractivity contribution is 5.66. The van der Waals surface area contributed by atoms with Gasteiger partial charge in [0.15, 0.2) is 0 Å². The van der Waals surface area contributed by atoms with E-state index in [0.717, 1.165) is 47.9 Å². The summed E-state index contributed by atoms with van der Waals surface area (Å²) in [6, 6.07) is 12.8. The van der Waals surface area contributed by atoms with Gasteiger partial charge in [0.1, 0.15) is 17.6 Å². The minimum atomic E-state index is -0.0449. The van der Waals surface area contributed by atoms with Crippen molar-refractivity contribution in [3.05, 3.63) is 64.2 Å². The normalized spacial score (nSPS) is 23.8. The van der Waals surface area contributed by atoms with E-state index < -0.39 is 0 Å². The molecule has 3 nitrogen and oxygen atoms in total. The Morgan fingerprint density at radius 3 is 2.45 bits per heavy atom. The van der Waals surface area contributed by atoms with Gasteiger partial charge < -0.3 is 9.84 Å². The minimum absolute atomic E-state index is 0.0449. The van der Waals surface area contributed by atoms with Crippen LogP contribution < -0.4 is 4.74 Å². The lowest BCUT2D eigenvalue weighted by atomic mass is 10.0. The molecule has 3 heteroatoms. The summed E-state index contributed by atoms with van der Waals surface area (Å²) in [5.41, 5.74) is 7.17. The zero-order chi connectivity index (χ0) is 20.7. The lowest BCUT2D eigenvalue weighted by Gasteiger charge is -2.30. The fourth-order valence-electron chi connectivity index (χ4n) is 4.78. The van der Waals surface area contributed by atoms with Crippen LogP contribution in [0.4, 0.5) is 0 Å². The number of hydrogen-bond acceptors (Lipinski definition) is 3. The fraction of sp³-hybridized carbons (Fsp3) is 0.462. The van der Waals surface area contributed by atoms with Gasteiger partial charge in [0, 0.05) is 17.7 Å². The molecule has 0 aromatic heterocycles. The molecule has 0 saturated carbocycles. The minimum Gasteiger partial charge on any atom is -0.508 e. The maximum Gasteiger partial charge on any atom is 0.140 e. The van der Waals surface area contributed by atoms with E-state index in [1.54, 1.807) is 0 Å². The van der Waals surface area contributed by atoms with Crippen molar-refractivity contribution in [1.82, 2.24) is 4.90 Å². The average molecular weight is 392 g/mol. The summed E-state index contributed by atoms with van der Waals surface area (Å²) in [6.07, 6.45) is 2.05. The van der Waals surface area contributed by atoms with Crippen LogP contribution in [0.3, 0.4) is 0 Å². The van der Waals surface area contributed by atoms with Gasteiger partial charge in [-0.15, -0.1) is 0 Å². The maximum atomic E-state index is 10.6. The molecule has 2 aromatic rings. The van der Waals surface area contributed by atoms with Crippen molar-refractivity contribution < 1.29 is 9.84 Å². The zero-order valence-corrected chi connectivity index (χ0v) is 18.3. The van der Waals surface area contributed by atoms with Gasteiger partial charge in [0.25, 0.3) is 0 Å². The van der Waals surface area contributed by atoms with Crippen LogP contribution in [0.2, 0.25) is 0 Å². The second-order valence-corrected chi connectivity index (χ2v) is 9.20. The molecule has 1 saturated heterocycles. The molecule has 2 aliphatic rings. The van der Waals surface area contributed by atoms with Crippen LogP contribution >= 0.6 is 0 Å². The van der Waals surface area contributed by atoms with Crippen molar-refractivity contribution in [1.29, 1.82) is 0 Å². The quantitative estimate of drug-likeness (QED) is 0.704. The van der Waals surface area contributed by atoms with Gasteiger partial charge >= 0.3 is 0 Å². The van der Waals surface area contributed by atoms with E-state index in [1.807, 2.05) is 13.0 Å². The van der Waals surface area contributed by atoms with Gasteiger partial charge in [-0.1, -0.05) is 30.7 Å². The number of phenolic OH excluding ortho intramolecular Hbond substituents is 1. The number of benzene rings is 2. The number of aromatic hydroxyl groups is 1. The van der Waals surface area contributed by atoms with Gasteiger partial charge in [-0.3, -0.25) is 4.90 Å². The molecular weight excluding hydrogens is 358 g/mol. The highest BCUT2D eigenvalue weighted by Gasteiger charge is 2.41. The number of phenols is 1. The molecule has 1 aliphatic heterocycles.